The summed E-state index contributed by atoms with van der Waals surface area (Å²) in [6.45, 7) is 7.69. The fourth-order valence-corrected chi connectivity index (χ4v) is 4.34. The summed E-state index contributed by atoms with van der Waals surface area (Å²) in [7, 11) is 0. The molecule has 1 saturated heterocycles. The summed E-state index contributed by atoms with van der Waals surface area (Å²) >= 11 is 1.70. The molecule has 0 saturated carbocycles. The van der Waals surface area contributed by atoms with E-state index in [1.807, 2.05) is 0 Å². The minimum Gasteiger partial charge on any atom is -0.379 e. The molecule has 1 fully saturated rings. The maximum atomic E-state index is 13.3. The Labute approximate surface area is 176 Å². The van der Waals surface area contributed by atoms with Crippen molar-refractivity contribution in [3.05, 3.63) is 65.0 Å². The lowest BCUT2D eigenvalue weighted by molar-refractivity contribution is -0.121. The number of nitrogens with zero attached hydrogens (tertiary/aromatic N) is 1. The Balaban J connectivity index is 1.51. The molecule has 0 aliphatic carbocycles. The van der Waals surface area contributed by atoms with Crippen molar-refractivity contribution >= 4 is 17.7 Å². The second-order valence-electron chi connectivity index (χ2n) is 7.36. The van der Waals surface area contributed by atoms with Gasteiger partial charge >= 0.3 is 0 Å². The molecule has 0 spiro atoms. The fraction of sp³-hybridized carbons (Fsp3) is 0.435. The monoisotopic (exact) mass is 416 g/mol. The first-order valence-corrected chi connectivity index (χ1v) is 11.1. The molecule has 29 heavy (non-hydrogen) atoms. The molecule has 3 rings (SSSR count). The maximum absolute atomic E-state index is 13.3. The van der Waals surface area contributed by atoms with Crippen LogP contribution in [0.1, 0.15) is 29.2 Å². The molecular weight excluding hydrogens is 387 g/mol. The van der Waals surface area contributed by atoms with E-state index < -0.39 is 0 Å². The SMILES string of the molecule is Cc1ccc(SCCC(=O)NCC(c2ccc(F)cc2)N2CCOCC2)cc1C. The predicted molar refractivity (Wildman–Crippen MR) is 116 cm³/mol. The summed E-state index contributed by atoms with van der Waals surface area (Å²) < 4.78 is 18.8. The van der Waals surface area contributed by atoms with Gasteiger partial charge in [0.1, 0.15) is 5.82 Å². The van der Waals surface area contributed by atoms with Crippen molar-refractivity contribution in [2.45, 2.75) is 31.2 Å². The molecule has 4 nitrogen and oxygen atoms in total. The first-order chi connectivity index (χ1) is 14.0. The van der Waals surface area contributed by atoms with Gasteiger partial charge in [-0.25, -0.2) is 4.39 Å². The third-order valence-corrected chi connectivity index (χ3v) is 6.31. The molecule has 0 bridgehead atoms. The lowest BCUT2D eigenvalue weighted by atomic mass is 10.0. The number of aryl methyl sites for hydroxylation is 2. The van der Waals surface area contributed by atoms with Crippen LogP contribution in [0.3, 0.4) is 0 Å². The highest BCUT2D eigenvalue weighted by atomic mass is 32.2. The van der Waals surface area contributed by atoms with Gasteiger partial charge in [-0.15, -0.1) is 11.8 Å². The van der Waals surface area contributed by atoms with Gasteiger partial charge in [0.15, 0.2) is 0 Å². The maximum Gasteiger partial charge on any atom is 0.220 e. The molecule has 0 radical (unpaired) electrons. The molecule has 0 aromatic heterocycles. The van der Waals surface area contributed by atoms with Crippen LogP contribution in [0.5, 0.6) is 0 Å². The zero-order valence-corrected chi connectivity index (χ0v) is 17.9. The molecule has 156 valence electrons. The van der Waals surface area contributed by atoms with E-state index in [0.717, 1.165) is 24.4 Å². The van der Waals surface area contributed by atoms with Crippen LogP contribution >= 0.6 is 11.8 Å². The Kier molecular flexibility index (Phi) is 8.09. The average Bonchev–Trinajstić information content (AvgIpc) is 2.73. The van der Waals surface area contributed by atoms with Crippen LogP contribution in [0, 0.1) is 19.7 Å². The van der Waals surface area contributed by atoms with Crippen LogP contribution in [0.15, 0.2) is 47.4 Å². The molecule has 1 aliphatic rings. The van der Waals surface area contributed by atoms with E-state index in [0.29, 0.717) is 26.2 Å². The Bertz CT molecular complexity index is 807. The second-order valence-corrected chi connectivity index (χ2v) is 8.53. The second kappa shape index (κ2) is 10.8. The van der Waals surface area contributed by atoms with Crippen molar-refractivity contribution in [1.29, 1.82) is 0 Å². The highest BCUT2D eigenvalue weighted by molar-refractivity contribution is 7.99. The lowest BCUT2D eigenvalue weighted by Crippen LogP contribution is -2.43. The van der Waals surface area contributed by atoms with Crippen molar-refractivity contribution in [1.82, 2.24) is 10.2 Å². The Morgan fingerprint density at radius 1 is 1.14 bits per heavy atom. The normalized spacial score (nSPS) is 15.8. The Morgan fingerprint density at radius 3 is 2.55 bits per heavy atom. The number of halogens is 1. The minimum atomic E-state index is -0.248. The van der Waals surface area contributed by atoms with E-state index in [9.17, 15) is 9.18 Å². The summed E-state index contributed by atoms with van der Waals surface area (Å²) in [5, 5.41) is 3.07. The van der Waals surface area contributed by atoms with Crippen molar-refractivity contribution in [3.8, 4) is 0 Å². The van der Waals surface area contributed by atoms with Crippen LogP contribution < -0.4 is 5.32 Å². The predicted octanol–water partition coefficient (Wildman–Crippen LogP) is 4.11. The number of rotatable bonds is 8. The first-order valence-electron chi connectivity index (χ1n) is 10.1. The number of hydrogen-bond donors (Lipinski definition) is 1. The van der Waals surface area contributed by atoms with Crippen LogP contribution in [0.4, 0.5) is 4.39 Å². The van der Waals surface area contributed by atoms with Crippen LogP contribution in [0.2, 0.25) is 0 Å². The Hall–Kier alpha value is -1.89. The molecule has 6 heteroatoms. The number of hydrogen-bond acceptors (Lipinski definition) is 4. The summed E-state index contributed by atoms with van der Waals surface area (Å²) in [5.41, 5.74) is 3.56. The van der Waals surface area contributed by atoms with Crippen molar-refractivity contribution in [2.24, 2.45) is 0 Å². The molecule has 1 atom stereocenters. The molecule has 1 N–H and O–H groups in total. The van der Waals surface area contributed by atoms with Gasteiger partial charge in [0.05, 0.1) is 19.3 Å². The number of nitrogens with one attached hydrogen (secondary N) is 1. The van der Waals surface area contributed by atoms with E-state index in [1.165, 1.54) is 28.2 Å². The van der Waals surface area contributed by atoms with E-state index in [2.05, 4.69) is 42.3 Å². The molecule has 1 amide bonds. The molecule has 2 aromatic rings. The molecular formula is C23H29FN2O2S. The zero-order valence-electron chi connectivity index (χ0n) is 17.1. The van der Waals surface area contributed by atoms with Gasteiger partial charge in [-0.05, 0) is 54.8 Å². The van der Waals surface area contributed by atoms with Gasteiger partial charge in [-0.1, -0.05) is 18.2 Å². The number of amides is 1. The fourth-order valence-electron chi connectivity index (χ4n) is 3.40. The van der Waals surface area contributed by atoms with E-state index in [-0.39, 0.29) is 17.8 Å². The van der Waals surface area contributed by atoms with Crippen molar-refractivity contribution < 1.29 is 13.9 Å². The summed E-state index contributed by atoms with van der Waals surface area (Å²) in [6.07, 6.45) is 0.469. The summed E-state index contributed by atoms with van der Waals surface area (Å²) in [5.74, 6) is 0.538. The van der Waals surface area contributed by atoms with Crippen molar-refractivity contribution in [3.63, 3.8) is 0 Å². The van der Waals surface area contributed by atoms with Gasteiger partial charge in [0.25, 0.3) is 0 Å². The van der Waals surface area contributed by atoms with Crippen LogP contribution in [-0.2, 0) is 9.53 Å². The van der Waals surface area contributed by atoms with E-state index in [1.54, 1.807) is 23.9 Å². The van der Waals surface area contributed by atoms with Crippen LogP contribution in [-0.4, -0.2) is 49.4 Å². The number of benzene rings is 2. The first kappa shape index (κ1) is 21.8. The molecule has 1 unspecified atom stereocenters. The smallest absolute Gasteiger partial charge is 0.220 e. The molecule has 1 heterocycles. The number of thioether (sulfide) groups is 1. The number of carbonyl (C=O) groups excluding carboxylic acids is 1. The largest absolute Gasteiger partial charge is 0.379 e. The third-order valence-electron chi connectivity index (χ3n) is 5.31. The van der Waals surface area contributed by atoms with Crippen molar-refractivity contribution in [2.75, 3.05) is 38.6 Å². The molecule has 2 aromatic carbocycles. The van der Waals surface area contributed by atoms with E-state index in [4.69, 9.17) is 4.74 Å². The quantitative estimate of drug-likeness (QED) is 0.658. The van der Waals surface area contributed by atoms with Gasteiger partial charge in [0.2, 0.25) is 5.91 Å². The number of morpholine rings is 1. The minimum absolute atomic E-state index is 0.0239. The average molecular weight is 417 g/mol. The van der Waals surface area contributed by atoms with Gasteiger partial charge in [-0.3, -0.25) is 9.69 Å². The summed E-state index contributed by atoms with van der Waals surface area (Å²) in [6, 6.07) is 13.0. The van der Waals surface area contributed by atoms with Gasteiger partial charge in [-0.2, -0.15) is 0 Å². The summed E-state index contributed by atoms with van der Waals surface area (Å²) in [4.78, 5) is 15.9. The topological polar surface area (TPSA) is 41.6 Å². The van der Waals surface area contributed by atoms with Crippen LogP contribution in [0.25, 0.3) is 0 Å². The zero-order chi connectivity index (χ0) is 20.6. The van der Waals surface area contributed by atoms with Gasteiger partial charge < -0.3 is 10.1 Å². The number of carbonyl (C=O) groups is 1. The van der Waals surface area contributed by atoms with E-state index >= 15 is 0 Å². The number of ether oxygens (including phenoxy) is 1. The third kappa shape index (κ3) is 6.56. The highest BCUT2D eigenvalue weighted by Crippen LogP contribution is 2.23. The lowest BCUT2D eigenvalue weighted by Gasteiger charge is -2.35. The van der Waals surface area contributed by atoms with Gasteiger partial charge in [0, 0.05) is 36.7 Å². The highest BCUT2D eigenvalue weighted by Gasteiger charge is 2.23. The Morgan fingerprint density at radius 2 is 1.86 bits per heavy atom. The molecule has 1 aliphatic heterocycles. The standard InChI is InChI=1S/C23H29FN2O2S/c1-17-3-8-21(15-18(17)2)29-14-9-23(27)25-16-22(26-10-12-28-13-11-26)19-4-6-20(24)7-5-19/h3-8,15,22H,9-14,16H2,1-2H3,(H,25,27).